The summed E-state index contributed by atoms with van der Waals surface area (Å²) in [6.07, 6.45) is 2.60. The van der Waals surface area contributed by atoms with Crippen molar-refractivity contribution >= 4 is 11.9 Å². The lowest BCUT2D eigenvalue weighted by Crippen LogP contribution is -2.38. The Morgan fingerprint density at radius 2 is 1.88 bits per heavy atom. The molecule has 7 heteroatoms. The van der Waals surface area contributed by atoms with E-state index in [-0.39, 0.29) is 19.3 Å². The van der Waals surface area contributed by atoms with Crippen LogP contribution in [0.4, 0.5) is 0 Å². The molecule has 2 rings (SSSR count). The van der Waals surface area contributed by atoms with E-state index in [1.807, 2.05) is 6.92 Å². The van der Waals surface area contributed by atoms with E-state index in [0.29, 0.717) is 12.2 Å². The molecule has 1 aliphatic rings. The maximum Gasteiger partial charge on any atom is 0.323 e. The van der Waals surface area contributed by atoms with Crippen LogP contribution in [0.2, 0.25) is 0 Å². The van der Waals surface area contributed by atoms with E-state index >= 15 is 0 Å². The Balaban J connectivity index is 2.26. The number of hydrogen-bond acceptors (Lipinski definition) is 7. The second kappa shape index (κ2) is 9.58. The lowest BCUT2D eigenvalue weighted by Gasteiger charge is -2.32. The first-order chi connectivity index (χ1) is 12.1. The van der Waals surface area contributed by atoms with Gasteiger partial charge in [0.05, 0.1) is 25.6 Å². The summed E-state index contributed by atoms with van der Waals surface area (Å²) in [5.41, 5.74) is 0. The Labute approximate surface area is 147 Å². The van der Waals surface area contributed by atoms with Gasteiger partial charge in [-0.15, -0.1) is 0 Å². The summed E-state index contributed by atoms with van der Waals surface area (Å²) in [4.78, 5) is 24.8. The first kappa shape index (κ1) is 19.5. The van der Waals surface area contributed by atoms with Gasteiger partial charge in [-0.3, -0.25) is 9.59 Å². The maximum absolute atomic E-state index is 12.4. The Bertz CT molecular complexity index is 522. The molecular formula is C18H26O7. The van der Waals surface area contributed by atoms with Crippen molar-refractivity contribution in [1.82, 2.24) is 0 Å². The standard InChI is InChI=1S/C18H26O7/c1-4-21-17(19)15(18(20)22-5-2)16(13-9-7-11-23-13)25-14-10-6-8-12(3)24-14/h7,9,11-12,14-16H,4-6,8,10H2,1-3H3/t12-,14+,16+/m0/s1. The van der Waals surface area contributed by atoms with Gasteiger partial charge in [0.15, 0.2) is 12.2 Å². The number of esters is 2. The van der Waals surface area contributed by atoms with Gasteiger partial charge in [-0.2, -0.15) is 0 Å². The van der Waals surface area contributed by atoms with Gasteiger partial charge in [-0.1, -0.05) is 0 Å². The molecule has 3 atom stereocenters. The van der Waals surface area contributed by atoms with E-state index in [9.17, 15) is 9.59 Å². The molecule has 2 heterocycles. The van der Waals surface area contributed by atoms with Crippen molar-refractivity contribution in [2.24, 2.45) is 5.92 Å². The Hall–Kier alpha value is -1.86. The third kappa shape index (κ3) is 5.31. The van der Waals surface area contributed by atoms with Crippen LogP contribution in [0.3, 0.4) is 0 Å². The molecule has 0 bridgehead atoms. The van der Waals surface area contributed by atoms with E-state index in [1.165, 1.54) is 6.26 Å². The highest BCUT2D eigenvalue weighted by molar-refractivity contribution is 5.95. The van der Waals surface area contributed by atoms with Crippen LogP contribution in [0.1, 0.15) is 51.9 Å². The molecule has 1 aromatic rings. The Morgan fingerprint density at radius 1 is 1.20 bits per heavy atom. The average Bonchev–Trinajstić information content (AvgIpc) is 3.09. The van der Waals surface area contributed by atoms with E-state index in [2.05, 4.69) is 0 Å². The minimum Gasteiger partial charge on any atom is -0.467 e. The maximum atomic E-state index is 12.4. The van der Waals surface area contributed by atoms with E-state index in [1.54, 1.807) is 26.0 Å². The van der Waals surface area contributed by atoms with Gasteiger partial charge >= 0.3 is 11.9 Å². The highest BCUT2D eigenvalue weighted by atomic mass is 16.7. The predicted molar refractivity (Wildman–Crippen MR) is 87.5 cm³/mol. The second-order valence-electron chi connectivity index (χ2n) is 5.86. The van der Waals surface area contributed by atoms with Crippen molar-refractivity contribution in [1.29, 1.82) is 0 Å². The molecular weight excluding hydrogens is 328 g/mol. The summed E-state index contributed by atoms with van der Waals surface area (Å²) in [5.74, 6) is -2.32. The molecule has 0 unspecified atom stereocenters. The smallest absolute Gasteiger partial charge is 0.323 e. The van der Waals surface area contributed by atoms with Crippen LogP contribution >= 0.6 is 0 Å². The van der Waals surface area contributed by atoms with Crippen molar-refractivity contribution in [2.75, 3.05) is 13.2 Å². The monoisotopic (exact) mass is 354 g/mol. The Morgan fingerprint density at radius 3 is 2.40 bits per heavy atom. The number of ether oxygens (including phenoxy) is 4. The molecule has 25 heavy (non-hydrogen) atoms. The second-order valence-corrected chi connectivity index (χ2v) is 5.86. The van der Waals surface area contributed by atoms with Crippen LogP contribution in [0, 0.1) is 5.92 Å². The summed E-state index contributed by atoms with van der Waals surface area (Å²) in [6.45, 7) is 5.61. The summed E-state index contributed by atoms with van der Waals surface area (Å²) in [6, 6.07) is 3.33. The first-order valence-electron chi connectivity index (χ1n) is 8.74. The van der Waals surface area contributed by atoms with Crippen LogP contribution in [-0.2, 0) is 28.5 Å². The van der Waals surface area contributed by atoms with Crippen molar-refractivity contribution in [2.45, 2.75) is 58.5 Å². The molecule has 7 nitrogen and oxygen atoms in total. The fourth-order valence-corrected chi connectivity index (χ4v) is 2.80. The van der Waals surface area contributed by atoms with Crippen LogP contribution in [-0.4, -0.2) is 37.5 Å². The van der Waals surface area contributed by atoms with Crippen LogP contribution < -0.4 is 0 Å². The highest BCUT2D eigenvalue weighted by Gasteiger charge is 2.42. The summed E-state index contributed by atoms with van der Waals surface area (Å²) in [5, 5.41) is 0. The van der Waals surface area contributed by atoms with Crippen LogP contribution in [0.25, 0.3) is 0 Å². The van der Waals surface area contributed by atoms with Gasteiger partial charge in [-0.25, -0.2) is 0 Å². The molecule has 0 aromatic carbocycles. The molecule has 1 aliphatic heterocycles. The lowest BCUT2D eigenvalue weighted by molar-refractivity contribution is -0.228. The zero-order chi connectivity index (χ0) is 18.2. The van der Waals surface area contributed by atoms with Gasteiger partial charge in [0.1, 0.15) is 11.9 Å². The lowest BCUT2D eigenvalue weighted by atomic mass is 10.00. The summed E-state index contributed by atoms with van der Waals surface area (Å²) >= 11 is 0. The van der Waals surface area contributed by atoms with E-state index in [0.717, 1.165) is 12.8 Å². The summed E-state index contributed by atoms with van der Waals surface area (Å²) in [7, 11) is 0. The molecule has 140 valence electrons. The molecule has 1 aromatic heterocycles. The number of hydrogen-bond donors (Lipinski definition) is 0. The molecule has 1 saturated heterocycles. The molecule has 1 fully saturated rings. The van der Waals surface area contributed by atoms with Gasteiger partial charge in [0, 0.05) is 0 Å². The van der Waals surface area contributed by atoms with Crippen LogP contribution in [0.5, 0.6) is 0 Å². The van der Waals surface area contributed by atoms with E-state index in [4.69, 9.17) is 23.4 Å². The zero-order valence-electron chi connectivity index (χ0n) is 14.9. The molecule has 0 N–H and O–H groups in total. The fraction of sp³-hybridized carbons (Fsp3) is 0.667. The number of carbonyl (C=O) groups excluding carboxylic acids is 2. The number of furan rings is 1. The third-order valence-electron chi connectivity index (χ3n) is 3.94. The first-order valence-corrected chi connectivity index (χ1v) is 8.74. The quantitative estimate of drug-likeness (QED) is 0.524. The van der Waals surface area contributed by atoms with Gasteiger partial charge in [0.2, 0.25) is 0 Å². The van der Waals surface area contributed by atoms with Crippen molar-refractivity contribution in [3.8, 4) is 0 Å². The topological polar surface area (TPSA) is 84.2 Å². The molecule has 0 aliphatic carbocycles. The van der Waals surface area contributed by atoms with E-state index < -0.39 is 30.3 Å². The largest absolute Gasteiger partial charge is 0.467 e. The molecule has 0 saturated carbocycles. The molecule has 0 amide bonds. The third-order valence-corrected chi connectivity index (χ3v) is 3.94. The molecule has 0 radical (unpaired) electrons. The zero-order valence-corrected chi connectivity index (χ0v) is 14.9. The molecule has 0 spiro atoms. The van der Waals surface area contributed by atoms with Crippen molar-refractivity contribution < 1.29 is 33.0 Å². The minimum absolute atomic E-state index is 0.0552. The van der Waals surface area contributed by atoms with Crippen molar-refractivity contribution in [3.63, 3.8) is 0 Å². The SMILES string of the molecule is CCOC(=O)C(C(=O)OCC)[C@H](O[C@@H]1CCC[C@H](C)O1)c1ccco1. The van der Waals surface area contributed by atoms with Gasteiger partial charge in [0.25, 0.3) is 0 Å². The highest BCUT2D eigenvalue weighted by Crippen LogP contribution is 2.33. The minimum atomic E-state index is -1.27. The normalized spacial score (nSPS) is 21.8. The van der Waals surface area contributed by atoms with Crippen LogP contribution in [0.15, 0.2) is 22.8 Å². The van der Waals surface area contributed by atoms with Crippen molar-refractivity contribution in [3.05, 3.63) is 24.2 Å². The van der Waals surface area contributed by atoms with Gasteiger partial charge in [-0.05, 0) is 52.2 Å². The fourth-order valence-electron chi connectivity index (χ4n) is 2.80. The summed E-state index contributed by atoms with van der Waals surface area (Å²) < 4.78 is 27.3. The Kier molecular flexibility index (Phi) is 7.46. The number of rotatable bonds is 8. The van der Waals surface area contributed by atoms with Gasteiger partial charge < -0.3 is 23.4 Å². The predicted octanol–water partition coefficient (Wildman–Crippen LogP) is 2.99. The average molecular weight is 354 g/mol. The number of carbonyl (C=O) groups is 2.